The second kappa shape index (κ2) is 3.72. The summed E-state index contributed by atoms with van der Waals surface area (Å²) >= 11 is 11.7. The molecule has 2 heterocycles. The van der Waals surface area contributed by atoms with Crippen LogP contribution >= 0.6 is 23.2 Å². The van der Waals surface area contributed by atoms with Gasteiger partial charge in [-0.2, -0.15) is 5.10 Å². The lowest BCUT2D eigenvalue weighted by atomic mass is 10.2. The first-order valence-corrected chi connectivity index (χ1v) is 4.80. The van der Waals surface area contributed by atoms with Gasteiger partial charge in [-0.25, -0.2) is 9.31 Å². The fourth-order valence-corrected chi connectivity index (χ4v) is 1.86. The van der Waals surface area contributed by atoms with Gasteiger partial charge in [0, 0.05) is 6.20 Å². The molecule has 0 aromatic carbocycles. The summed E-state index contributed by atoms with van der Waals surface area (Å²) in [6, 6.07) is 1.55. The number of nitrogens with zero attached hydrogens (tertiary/aromatic N) is 2. The summed E-state index contributed by atoms with van der Waals surface area (Å²) in [6.07, 6.45) is 2.96. The second-order valence-electron chi connectivity index (χ2n) is 2.85. The number of fused-ring (bicyclic) bond motifs is 1. The van der Waals surface area contributed by atoms with Crippen molar-refractivity contribution in [2.24, 2.45) is 0 Å². The SMILES string of the molecule is COC(=O)c1cnn2cc(Cl)cc(Cl)c12. The number of carbonyl (C=O) groups is 1. The van der Waals surface area contributed by atoms with Crippen molar-refractivity contribution in [2.45, 2.75) is 0 Å². The zero-order chi connectivity index (χ0) is 11.0. The van der Waals surface area contributed by atoms with E-state index in [1.807, 2.05) is 0 Å². The molecule has 78 valence electrons. The van der Waals surface area contributed by atoms with Gasteiger partial charge in [0.1, 0.15) is 5.56 Å². The fourth-order valence-electron chi connectivity index (χ4n) is 1.30. The number of aromatic nitrogens is 2. The highest BCUT2D eigenvalue weighted by molar-refractivity contribution is 6.37. The molecule has 4 nitrogen and oxygen atoms in total. The molecular weight excluding hydrogens is 239 g/mol. The molecule has 0 atom stereocenters. The van der Waals surface area contributed by atoms with E-state index in [1.165, 1.54) is 17.8 Å². The maximum Gasteiger partial charge on any atom is 0.341 e. The summed E-state index contributed by atoms with van der Waals surface area (Å²) in [4.78, 5) is 11.4. The van der Waals surface area contributed by atoms with E-state index in [1.54, 1.807) is 12.3 Å². The number of hydrogen-bond acceptors (Lipinski definition) is 3. The molecule has 0 N–H and O–H groups in total. The largest absolute Gasteiger partial charge is 0.465 e. The zero-order valence-corrected chi connectivity index (χ0v) is 9.21. The van der Waals surface area contributed by atoms with Crippen LogP contribution in [0.2, 0.25) is 10.0 Å². The van der Waals surface area contributed by atoms with E-state index in [9.17, 15) is 4.79 Å². The number of rotatable bonds is 1. The third kappa shape index (κ3) is 1.66. The molecule has 2 aromatic heterocycles. The van der Waals surface area contributed by atoms with Crippen LogP contribution in [0.25, 0.3) is 5.52 Å². The lowest BCUT2D eigenvalue weighted by molar-refractivity contribution is 0.0603. The molecule has 0 unspecified atom stereocenters. The molecule has 0 aliphatic carbocycles. The van der Waals surface area contributed by atoms with Crippen molar-refractivity contribution in [3.05, 3.63) is 34.1 Å². The Hall–Kier alpha value is -1.26. The van der Waals surface area contributed by atoms with Crippen molar-refractivity contribution < 1.29 is 9.53 Å². The number of ether oxygens (including phenoxy) is 1. The number of halogens is 2. The first-order chi connectivity index (χ1) is 7.13. The van der Waals surface area contributed by atoms with E-state index in [-0.39, 0.29) is 0 Å². The van der Waals surface area contributed by atoms with Crippen LogP contribution in [0.5, 0.6) is 0 Å². The van der Waals surface area contributed by atoms with Crippen LogP contribution in [0.15, 0.2) is 18.5 Å². The van der Waals surface area contributed by atoms with Crippen molar-refractivity contribution >= 4 is 34.7 Å². The van der Waals surface area contributed by atoms with E-state index >= 15 is 0 Å². The molecule has 2 rings (SSSR count). The summed E-state index contributed by atoms with van der Waals surface area (Å²) in [7, 11) is 1.30. The van der Waals surface area contributed by atoms with Gasteiger partial charge in [-0.15, -0.1) is 0 Å². The van der Waals surface area contributed by atoms with E-state index in [0.717, 1.165) is 0 Å². The maximum absolute atomic E-state index is 11.4. The minimum Gasteiger partial charge on any atom is -0.465 e. The van der Waals surface area contributed by atoms with Crippen LogP contribution in [-0.2, 0) is 4.74 Å². The summed E-state index contributed by atoms with van der Waals surface area (Å²) in [5.41, 5.74) is 0.812. The molecule has 0 amide bonds. The summed E-state index contributed by atoms with van der Waals surface area (Å²) in [5.74, 6) is -0.478. The van der Waals surface area contributed by atoms with Gasteiger partial charge in [0.15, 0.2) is 0 Å². The molecule has 0 saturated carbocycles. The van der Waals surface area contributed by atoms with Gasteiger partial charge in [0.25, 0.3) is 0 Å². The van der Waals surface area contributed by atoms with Crippen LogP contribution in [0.3, 0.4) is 0 Å². The third-order valence-electron chi connectivity index (χ3n) is 1.94. The van der Waals surface area contributed by atoms with Crippen LogP contribution < -0.4 is 0 Å². The Morgan fingerprint density at radius 3 is 2.93 bits per heavy atom. The van der Waals surface area contributed by atoms with E-state index < -0.39 is 5.97 Å². The van der Waals surface area contributed by atoms with Crippen molar-refractivity contribution in [3.8, 4) is 0 Å². The highest BCUT2D eigenvalue weighted by atomic mass is 35.5. The molecule has 6 heteroatoms. The minimum absolute atomic E-state index is 0.319. The van der Waals surface area contributed by atoms with Gasteiger partial charge < -0.3 is 4.74 Å². The Bertz CT molecular complexity index is 536. The number of methoxy groups -OCH3 is 1. The van der Waals surface area contributed by atoms with Crippen molar-refractivity contribution in [3.63, 3.8) is 0 Å². The lowest BCUT2D eigenvalue weighted by Crippen LogP contribution is -2.00. The van der Waals surface area contributed by atoms with Crippen LogP contribution in [0.1, 0.15) is 10.4 Å². The van der Waals surface area contributed by atoms with Crippen LogP contribution in [0.4, 0.5) is 0 Å². The first-order valence-electron chi connectivity index (χ1n) is 4.04. The van der Waals surface area contributed by atoms with Gasteiger partial charge >= 0.3 is 5.97 Å². The molecule has 0 spiro atoms. The summed E-state index contributed by atoms with van der Waals surface area (Å²) < 4.78 is 6.05. The minimum atomic E-state index is -0.478. The Kier molecular flexibility index (Phi) is 2.54. The molecule has 0 radical (unpaired) electrons. The predicted octanol–water partition coefficient (Wildman–Crippen LogP) is 2.43. The Labute approximate surface area is 95.3 Å². The fraction of sp³-hybridized carbons (Fsp3) is 0.111. The van der Waals surface area contributed by atoms with Gasteiger partial charge in [-0.05, 0) is 6.07 Å². The van der Waals surface area contributed by atoms with Gasteiger partial charge in [-0.1, -0.05) is 23.2 Å². The molecule has 0 saturated heterocycles. The number of pyridine rings is 1. The highest BCUT2D eigenvalue weighted by Crippen LogP contribution is 2.25. The monoisotopic (exact) mass is 244 g/mol. The number of hydrogen-bond donors (Lipinski definition) is 0. The van der Waals surface area contributed by atoms with Gasteiger partial charge in [0.2, 0.25) is 0 Å². The average Bonchev–Trinajstić information content (AvgIpc) is 2.60. The van der Waals surface area contributed by atoms with E-state index in [2.05, 4.69) is 9.84 Å². The quantitative estimate of drug-likeness (QED) is 0.724. The predicted molar refractivity (Wildman–Crippen MR) is 56.6 cm³/mol. The van der Waals surface area contributed by atoms with Gasteiger partial charge in [0.05, 0.1) is 28.9 Å². The number of carbonyl (C=O) groups excluding carboxylic acids is 1. The Morgan fingerprint density at radius 1 is 1.53 bits per heavy atom. The summed E-state index contributed by atoms with van der Waals surface area (Å²) in [5, 5.41) is 4.77. The normalized spacial score (nSPS) is 10.6. The molecular formula is C9H6Cl2N2O2. The van der Waals surface area contributed by atoms with Crippen molar-refractivity contribution in [2.75, 3.05) is 7.11 Å². The highest BCUT2D eigenvalue weighted by Gasteiger charge is 2.15. The first kappa shape index (κ1) is 10.3. The molecule has 0 aliphatic heterocycles. The Balaban J connectivity index is 2.74. The second-order valence-corrected chi connectivity index (χ2v) is 3.69. The Morgan fingerprint density at radius 2 is 2.27 bits per heavy atom. The van der Waals surface area contributed by atoms with Crippen molar-refractivity contribution in [1.29, 1.82) is 0 Å². The smallest absolute Gasteiger partial charge is 0.341 e. The van der Waals surface area contributed by atoms with E-state index in [4.69, 9.17) is 23.2 Å². The molecule has 0 bridgehead atoms. The third-order valence-corrected chi connectivity index (χ3v) is 2.43. The molecule has 2 aromatic rings. The van der Waals surface area contributed by atoms with Crippen LogP contribution in [-0.4, -0.2) is 22.7 Å². The topological polar surface area (TPSA) is 43.6 Å². The maximum atomic E-state index is 11.4. The standard InChI is InChI=1S/C9H6Cl2N2O2/c1-15-9(14)6-3-12-13-4-5(10)2-7(11)8(6)13/h2-4H,1H3. The van der Waals surface area contributed by atoms with E-state index in [0.29, 0.717) is 21.1 Å². The number of esters is 1. The molecule has 0 fully saturated rings. The zero-order valence-electron chi connectivity index (χ0n) is 7.70. The molecule has 0 aliphatic rings. The summed E-state index contributed by atoms with van der Waals surface area (Å²) in [6.45, 7) is 0. The van der Waals surface area contributed by atoms with Crippen molar-refractivity contribution in [1.82, 2.24) is 9.61 Å². The lowest BCUT2D eigenvalue weighted by Gasteiger charge is -2.00. The average molecular weight is 245 g/mol. The molecule has 15 heavy (non-hydrogen) atoms. The van der Waals surface area contributed by atoms with Crippen LogP contribution in [0, 0.1) is 0 Å². The van der Waals surface area contributed by atoms with Gasteiger partial charge in [-0.3, -0.25) is 0 Å².